The number of benzene rings is 2. The second-order valence-electron chi connectivity index (χ2n) is 5.28. The van der Waals surface area contributed by atoms with Crippen LogP contribution in [0.3, 0.4) is 0 Å². The lowest BCUT2D eigenvalue weighted by Gasteiger charge is -2.10. The standard InChI is InChI=1S/C19H24O4P/c1-20-12-14-10-16(22-3)6-8-18(14)24(5)19-9-7-17(23-4)11-15(19)13-21-2/h6-11H,5,12-13H2,1-4H3/q+1. The van der Waals surface area contributed by atoms with Crippen LogP contribution in [0.1, 0.15) is 11.1 Å². The Morgan fingerprint density at radius 2 is 1.17 bits per heavy atom. The first-order chi connectivity index (χ1) is 11.6. The zero-order chi connectivity index (χ0) is 17.5. The van der Waals surface area contributed by atoms with Gasteiger partial charge in [0.15, 0.2) is 18.2 Å². The van der Waals surface area contributed by atoms with Crippen molar-refractivity contribution in [3.8, 4) is 11.5 Å². The van der Waals surface area contributed by atoms with Gasteiger partial charge in [0.25, 0.3) is 0 Å². The first-order valence-corrected chi connectivity index (χ1v) is 9.09. The molecule has 0 aliphatic heterocycles. The highest BCUT2D eigenvalue weighted by Gasteiger charge is 2.23. The molecule has 0 fully saturated rings. The third-order valence-corrected chi connectivity index (χ3v) is 5.79. The average molecular weight is 347 g/mol. The van der Waals surface area contributed by atoms with E-state index in [2.05, 4.69) is 18.4 Å². The molecule has 0 N–H and O–H groups in total. The van der Waals surface area contributed by atoms with Crippen LogP contribution in [0.15, 0.2) is 36.4 Å². The van der Waals surface area contributed by atoms with E-state index in [0.29, 0.717) is 13.2 Å². The summed E-state index contributed by atoms with van der Waals surface area (Å²) in [5, 5.41) is 2.35. The van der Waals surface area contributed by atoms with E-state index in [4.69, 9.17) is 18.9 Å². The Morgan fingerprint density at radius 3 is 1.50 bits per heavy atom. The number of rotatable bonds is 8. The minimum atomic E-state index is -0.791. The molecule has 24 heavy (non-hydrogen) atoms. The van der Waals surface area contributed by atoms with Crippen molar-refractivity contribution in [2.75, 3.05) is 28.4 Å². The number of ether oxygens (including phenoxy) is 4. The van der Waals surface area contributed by atoms with Crippen LogP contribution in [-0.4, -0.2) is 34.7 Å². The van der Waals surface area contributed by atoms with E-state index in [1.165, 1.54) is 10.6 Å². The second kappa shape index (κ2) is 8.84. The molecule has 0 aromatic heterocycles. The van der Waals surface area contributed by atoms with E-state index in [1.807, 2.05) is 24.3 Å². The zero-order valence-electron chi connectivity index (χ0n) is 14.7. The van der Waals surface area contributed by atoms with Crippen molar-refractivity contribution in [3.05, 3.63) is 47.5 Å². The van der Waals surface area contributed by atoms with Gasteiger partial charge in [-0.05, 0) is 36.4 Å². The molecule has 0 aliphatic rings. The van der Waals surface area contributed by atoms with Crippen LogP contribution < -0.4 is 20.1 Å². The van der Waals surface area contributed by atoms with Gasteiger partial charge in [0.05, 0.1) is 33.7 Å². The topological polar surface area (TPSA) is 36.9 Å². The monoisotopic (exact) mass is 347 g/mol. The molecule has 0 saturated heterocycles. The van der Waals surface area contributed by atoms with Crippen LogP contribution in [0.25, 0.3) is 0 Å². The summed E-state index contributed by atoms with van der Waals surface area (Å²) in [6.07, 6.45) is 4.45. The highest BCUT2D eigenvalue weighted by atomic mass is 31.1. The molecule has 0 heterocycles. The van der Waals surface area contributed by atoms with Gasteiger partial charge >= 0.3 is 0 Å². The Morgan fingerprint density at radius 1 is 0.750 bits per heavy atom. The summed E-state index contributed by atoms with van der Waals surface area (Å²) in [6, 6.07) is 12.1. The normalized spacial score (nSPS) is 10.5. The first kappa shape index (κ1) is 18.5. The first-order valence-electron chi connectivity index (χ1n) is 7.57. The molecule has 5 heteroatoms. The van der Waals surface area contributed by atoms with Gasteiger partial charge in [-0.2, -0.15) is 0 Å². The van der Waals surface area contributed by atoms with Crippen molar-refractivity contribution in [2.45, 2.75) is 13.2 Å². The maximum absolute atomic E-state index is 5.35. The third-order valence-electron chi connectivity index (χ3n) is 3.75. The maximum Gasteiger partial charge on any atom is 0.163 e. The molecule has 0 bridgehead atoms. The zero-order valence-corrected chi connectivity index (χ0v) is 15.6. The van der Waals surface area contributed by atoms with E-state index in [0.717, 1.165) is 22.6 Å². The van der Waals surface area contributed by atoms with Gasteiger partial charge in [0.2, 0.25) is 0 Å². The molecule has 4 nitrogen and oxygen atoms in total. The van der Waals surface area contributed by atoms with Gasteiger partial charge in [0.1, 0.15) is 11.5 Å². The summed E-state index contributed by atoms with van der Waals surface area (Å²) < 4.78 is 21.4. The van der Waals surface area contributed by atoms with E-state index in [1.54, 1.807) is 28.4 Å². The molecule has 0 atom stereocenters. The fraction of sp³-hybridized carbons (Fsp3) is 0.316. The minimum Gasteiger partial charge on any atom is -0.497 e. The van der Waals surface area contributed by atoms with Gasteiger partial charge in [-0.15, -0.1) is 0 Å². The van der Waals surface area contributed by atoms with Gasteiger partial charge in [0, 0.05) is 25.3 Å². The summed E-state index contributed by atoms with van der Waals surface area (Å²) in [6.45, 7) is 1.05. The predicted octanol–water partition coefficient (Wildman–Crippen LogP) is 2.86. The summed E-state index contributed by atoms with van der Waals surface area (Å²) in [7, 11) is 5.93. The number of hydrogen-bond acceptors (Lipinski definition) is 4. The van der Waals surface area contributed by atoms with E-state index < -0.39 is 7.55 Å². The number of methoxy groups -OCH3 is 4. The summed E-state index contributed by atoms with van der Waals surface area (Å²) in [4.78, 5) is 0. The highest BCUT2D eigenvalue weighted by Crippen LogP contribution is 2.28. The Bertz CT molecular complexity index is 653. The molecule has 0 unspecified atom stereocenters. The largest absolute Gasteiger partial charge is 0.497 e. The van der Waals surface area contributed by atoms with Crippen LogP contribution in [0.4, 0.5) is 0 Å². The van der Waals surface area contributed by atoms with Crippen LogP contribution in [0.5, 0.6) is 11.5 Å². The molecular formula is C19H24O4P+. The summed E-state index contributed by atoms with van der Waals surface area (Å²) in [5.41, 5.74) is 2.19. The Labute approximate surface area is 144 Å². The molecule has 2 aromatic rings. The Hall–Kier alpha value is -1.87. The quantitative estimate of drug-likeness (QED) is 0.688. The second-order valence-corrected chi connectivity index (χ2v) is 7.10. The Kier molecular flexibility index (Phi) is 6.80. The smallest absolute Gasteiger partial charge is 0.163 e. The fourth-order valence-electron chi connectivity index (χ4n) is 2.58. The average Bonchev–Trinajstić information content (AvgIpc) is 2.61. The van der Waals surface area contributed by atoms with Crippen LogP contribution in [0.2, 0.25) is 0 Å². The molecule has 0 radical (unpaired) electrons. The molecule has 0 spiro atoms. The van der Waals surface area contributed by atoms with Crippen molar-refractivity contribution < 1.29 is 18.9 Å². The Balaban J connectivity index is 2.48. The van der Waals surface area contributed by atoms with E-state index in [-0.39, 0.29) is 0 Å². The maximum atomic E-state index is 5.35. The lowest BCUT2D eigenvalue weighted by atomic mass is 10.2. The molecule has 128 valence electrons. The van der Waals surface area contributed by atoms with Crippen molar-refractivity contribution in [1.29, 1.82) is 0 Å². The third kappa shape index (κ3) is 4.15. The minimum absolute atomic E-state index is 0.524. The van der Waals surface area contributed by atoms with E-state index in [9.17, 15) is 0 Å². The van der Waals surface area contributed by atoms with E-state index >= 15 is 0 Å². The highest BCUT2D eigenvalue weighted by molar-refractivity contribution is 7.71. The molecule has 0 amide bonds. The SMILES string of the molecule is C=[P+](c1ccc(OC)cc1COC)c1ccc(OC)cc1COC. The van der Waals surface area contributed by atoms with Crippen LogP contribution in [-0.2, 0) is 22.7 Å². The van der Waals surface area contributed by atoms with Gasteiger partial charge in [-0.25, -0.2) is 0 Å². The summed E-state index contributed by atoms with van der Waals surface area (Å²) >= 11 is 0. The van der Waals surface area contributed by atoms with Gasteiger partial charge < -0.3 is 18.9 Å². The van der Waals surface area contributed by atoms with Crippen molar-refractivity contribution >= 4 is 24.5 Å². The molecule has 0 aliphatic carbocycles. The fourth-order valence-corrected chi connectivity index (χ4v) is 4.30. The van der Waals surface area contributed by atoms with Crippen molar-refractivity contribution in [3.63, 3.8) is 0 Å². The summed E-state index contributed by atoms with van der Waals surface area (Å²) in [5.74, 6) is 1.64. The van der Waals surface area contributed by atoms with Crippen LogP contribution in [0, 0.1) is 0 Å². The molecule has 2 aromatic carbocycles. The lowest BCUT2D eigenvalue weighted by molar-refractivity contribution is 0.185. The molecular weight excluding hydrogens is 323 g/mol. The van der Waals surface area contributed by atoms with Gasteiger partial charge in [-0.3, -0.25) is 0 Å². The van der Waals surface area contributed by atoms with Crippen molar-refractivity contribution in [1.82, 2.24) is 0 Å². The van der Waals surface area contributed by atoms with Crippen molar-refractivity contribution in [2.24, 2.45) is 0 Å². The number of hydrogen-bond donors (Lipinski definition) is 0. The predicted molar refractivity (Wildman–Crippen MR) is 101 cm³/mol. The van der Waals surface area contributed by atoms with Gasteiger partial charge in [-0.1, -0.05) is 0 Å². The van der Waals surface area contributed by atoms with Crippen LogP contribution >= 0.6 is 7.55 Å². The molecule has 2 rings (SSSR count). The lowest BCUT2D eigenvalue weighted by Crippen LogP contribution is -2.16. The molecule has 0 saturated carbocycles.